The lowest BCUT2D eigenvalue weighted by atomic mass is 10.4. The Bertz CT molecular complexity index is 163. The normalized spacial score (nSPS) is 23.0. The third-order valence-electron chi connectivity index (χ3n) is 1.62. The maximum Gasteiger partial charge on any atom is 0.410 e. The summed E-state index contributed by atoms with van der Waals surface area (Å²) in [4.78, 5) is 12.4. The van der Waals surface area contributed by atoms with Gasteiger partial charge in [0.25, 0.3) is 0 Å². The third-order valence-corrected chi connectivity index (χ3v) is 1.62. The lowest BCUT2D eigenvalue weighted by Crippen LogP contribution is -2.23. The highest BCUT2D eigenvalue weighted by atomic mass is 16.6. The van der Waals surface area contributed by atoms with Gasteiger partial charge in [-0.2, -0.15) is 0 Å². The van der Waals surface area contributed by atoms with Crippen molar-refractivity contribution in [3.63, 3.8) is 0 Å². The van der Waals surface area contributed by atoms with Gasteiger partial charge in [0.2, 0.25) is 0 Å². The average molecular weight is 174 g/mol. The number of carbonyl (C=O) groups is 1. The maximum atomic E-state index is 10.8. The van der Waals surface area contributed by atoms with E-state index in [-0.39, 0.29) is 12.2 Å². The van der Waals surface area contributed by atoms with Crippen molar-refractivity contribution in [2.75, 3.05) is 33.4 Å². The zero-order valence-corrected chi connectivity index (χ0v) is 7.16. The first kappa shape index (κ1) is 9.28. The van der Waals surface area contributed by atoms with Gasteiger partial charge in [0, 0.05) is 13.6 Å². The number of nitrogens with zero attached hydrogens (tertiary/aromatic N) is 1. The van der Waals surface area contributed by atoms with E-state index in [1.54, 1.807) is 7.05 Å². The first-order valence-electron chi connectivity index (χ1n) is 3.93. The van der Waals surface area contributed by atoms with Crippen LogP contribution in [0.5, 0.6) is 0 Å². The molecule has 0 bridgehead atoms. The summed E-state index contributed by atoms with van der Waals surface area (Å²) in [7, 11) is 1.70. The number of nitrogens with two attached hydrogens (primary N) is 1. The van der Waals surface area contributed by atoms with Crippen LogP contribution in [0.2, 0.25) is 0 Å². The molecule has 0 radical (unpaired) electrons. The molecule has 1 fully saturated rings. The molecule has 0 aromatic carbocycles. The predicted molar refractivity (Wildman–Crippen MR) is 42.8 cm³/mol. The standard InChI is InChI=1S/C7H14N2O3/c1-9-4-6(12-7(9)10)5-11-3-2-8/h6H,2-5,8H2,1H3. The Labute approximate surface area is 71.4 Å². The summed E-state index contributed by atoms with van der Waals surface area (Å²) in [6.07, 6.45) is -0.412. The summed E-state index contributed by atoms with van der Waals surface area (Å²) in [5.74, 6) is 0. The number of likely N-dealkylation sites (N-methyl/N-ethyl adjacent to an activating group) is 1. The number of ether oxygens (including phenoxy) is 2. The maximum absolute atomic E-state index is 10.8. The Morgan fingerprint density at radius 1 is 1.83 bits per heavy atom. The van der Waals surface area contributed by atoms with E-state index in [9.17, 15) is 4.79 Å². The topological polar surface area (TPSA) is 64.8 Å². The van der Waals surface area contributed by atoms with Gasteiger partial charge in [-0.3, -0.25) is 0 Å². The second-order valence-corrected chi connectivity index (χ2v) is 2.75. The molecule has 0 aliphatic carbocycles. The molecule has 5 nitrogen and oxygen atoms in total. The minimum Gasteiger partial charge on any atom is -0.442 e. The average Bonchev–Trinajstić information content (AvgIpc) is 2.32. The van der Waals surface area contributed by atoms with Gasteiger partial charge in [-0.15, -0.1) is 0 Å². The Balaban J connectivity index is 2.14. The number of carbonyl (C=O) groups excluding carboxylic acids is 1. The van der Waals surface area contributed by atoms with E-state index in [0.717, 1.165) is 0 Å². The molecule has 1 atom stereocenters. The largest absolute Gasteiger partial charge is 0.442 e. The Hall–Kier alpha value is -0.810. The molecule has 1 saturated heterocycles. The summed E-state index contributed by atoms with van der Waals surface area (Å²) in [6, 6.07) is 0. The summed E-state index contributed by atoms with van der Waals surface area (Å²) in [5, 5.41) is 0. The van der Waals surface area contributed by atoms with E-state index in [2.05, 4.69) is 0 Å². The molecular weight excluding hydrogens is 160 g/mol. The van der Waals surface area contributed by atoms with Crippen molar-refractivity contribution in [2.24, 2.45) is 5.73 Å². The zero-order valence-electron chi connectivity index (χ0n) is 7.16. The second kappa shape index (κ2) is 4.27. The van der Waals surface area contributed by atoms with Crippen LogP contribution in [-0.2, 0) is 9.47 Å². The number of hydrogen-bond acceptors (Lipinski definition) is 4. The van der Waals surface area contributed by atoms with Crippen molar-refractivity contribution in [1.82, 2.24) is 4.90 Å². The van der Waals surface area contributed by atoms with Crippen LogP contribution in [0.1, 0.15) is 0 Å². The van der Waals surface area contributed by atoms with Gasteiger partial charge in [-0.25, -0.2) is 4.79 Å². The van der Waals surface area contributed by atoms with Crippen molar-refractivity contribution in [2.45, 2.75) is 6.10 Å². The molecule has 0 aromatic rings. The first-order chi connectivity index (χ1) is 5.74. The molecule has 0 spiro atoms. The van der Waals surface area contributed by atoms with Crippen LogP contribution in [0, 0.1) is 0 Å². The van der Waals surface area contributed by atoms with Crippen LogP contribution in [-0.4, -0.2) is 50.4 Å². The number of hydrogen-bond donors (Lipinski definition) is 1. The van der Waals surface area contributed by atoms with Gasteiger partial charge >= 0.3 is 6.09 Å². The third kappa shape index (κ3) is 2.35. The summed E-state index contributed by atoms with van der Waals surface area (Å²) < 4.78 is 10.1. The van der Waals surface area contributed by atoms with Gasteiger partial charge in [0.05, 0.1) is 19.8 Å². The van der Waals surface area contributed by atoms with E-state index in [4.69, 9.17) is 15.2 Å². The second-order valence-electron chi connectivity index (χ2n) is 2.75. The van der Waals surface area contributed by atoms with E-state index >= 15 is 0 Å². The van der Waals surface area contributed by atoms with Gasteiger partial charge in [0.1, 0.15) is 6.10 Å². The predicted octanol–water partition coefficient (Wildman–Crippen LogP) is -0.588. The molecule has 70 valence electrons. The van der Waals surface area contributed by atoms with E-state index < -0.39 is 0 Å². The van der Waals surface area contributed by atoms with E-state index in [1.807, 2.05) is 0 Å². The summed E-state index contributed by atoms with van der Waals surface area (Å²) in [6.45, 7) is 2.05. The van der Waals surface area contributed by atoms with Gasteiger partial charge in [0.15, 0.2) is 0 Å². The molecule has 1 heterocycles. The number of amides is 1. The quantitative estimate of drug-likeness (QED) is 0.579. The van der Waals surface area contributed by atoms with E-state index in [1.165, 1.54) is 4.90 Å². The molecule has 1 unspecified atom stereocenters. The minimum atomic E-state index is -0.281. The van der Waals surface area contributed by atoms with Crippen LogP contribution in [0.15, 0.2) is 0 Å². The zero-order chi connectivity index (χ0) is 8.97. The van der Waals surface area contributed by atoms with Crippen LogP contribution in [0.25, 0.3) is 0 Å². The van der Waals surface area contributed by atoms with E-state index in [0.29, 0.717) is 26.3 Å². The smallest absolute Gasteiger partial charge is 0.410 e. The van der Waals surface area contributed by atoms with Crippen molar-refractivity contribution < 1.29 is 14.3 Å². The van der Waals surface area contributed by atoms with Crippen LogP contribution in [0.3, 0.4) is 0 Å². The molecule has 1 aliphatic rings. The first-order valence-corrected chi connectivity index (χ1v) is 3.93. The molecule has 1 amide bonds. The highest BCUT2D eigenvalue weighted by Crippen LogP contribution is 2.08. The lowest BCUT2D eigenvalue weighted by Gasteiger charge is -2.07. The SMILES string of the molecule is CN1CC(COCCN)OC1=O. The number of cyclic esters (lactones) is 1. The fourth-order valence-corrected chi connectivity index (χ4v) is 1.03. The molecule has 5 heteroatoms. The molecular formula is C7H14N2O3. The van der Waals surface area contributed by atoms with Crippen LogP contribution in [0.4, 0.5) is 4.79 Å². The Morgan fingerprint density at radius 3 is 3.08 bits per heavy atom. The Kier molecular flexibility index (Phi) is 3.31. The Morgan fingerprint density at radius 2 is 2.58 bits per heavy atom. The van der Waals surface area contributed by atoms with Gasteiger partial charge < -0.3 is 20.1 Å². The molecule has 12 heavy (non-hydrogen) atoms. The highest BCUT2D eigenvalue weighted by molar-refractivity contribution is 5.69. The molecule has 0 aromatic heterocycles. The fraction of sp³-hybridized carbons (Fsp3) is 0.857. The van der Waals surface area contributed by atoms with Gasteiger partial charge in [-0.1, -0.05) is 0 Å². The number of rotatable bonds is 4. The van der Waals surface area contributed by atoms with Gasteiger partial charge in [-0.05, 0) is 0 Å². The summed E-state index contributed by atoms with van der Waals surface area (Å²) in [5.41, 5.74) is 5.22. The molecule has 1 rings (SSSR count). The molecule has 2 N–H and O–H groups in total. The summed E-state index contributed by atoms with van der Waals surface area (Å²) >= 11 is 0. The van der Waals surface area contributed by atoms with Crippen LogP contribution < -0.4 is 5.73 Å². The fourth-order valence-electron chi connectivity index (χ4n) is 1.03. The van der Waals surface area contributed by atoms with Crippen LogP contribution >= 0.6 is 0 Å². The monoisotopic (exact) mass is 174 g/mol. The lowest BCUT2D eigenvalue weighted by molar-refractivity contribution is 0.0493. The molecule has 0 saturated carbocycles. The van der Waals surface area contributed by atoms with Crippen molar-refractivity contribution in [3.05, 3.63) is 0 Å². The van der Waals surface area contributed by atoms with Crippen molar-refractivity contribution in [3.8, 4) is 0 Å². The highest BCUT2D eigenvalue weighted by Gasteiger charge is 2.27. The minimum absolute atomic E-state index is 0.131. The molecule has 1 aliphatic heterocycles. The van der Waals surface area contributed by atoms with Crippen molar-refractivity contribution in [1.29, 1.82) is 0 Å². The van der Waals surface area contributed by atoms with Crippen molar-refractivity contribution >= 4 is 6.09 Å².